The Morgan fingerprint density at radius 2 is 1.42 bits per heavy atom. The number of hydrogen-bond acceptors (Lipinski definition) is 0. The summed E-state index contributed by atoms with van der Waals surface area (Å²) in [4.78, 5) is 0. The molecule has 2 aromatic rings. The Balaban J connectivity index is 2.23. The number of hydrogen-bond donors (Lipinski definition) is 0. The molecule has 100 valence electrons. The molecule has 0 spiro atoms. The van der Waals surface area contributed by atoms with Gasteiger partial charge in [0, 0.05) is 0 Å². The van der Waals surface area contributed by atoms with Crippen LogP contribution in [0.25, 0.3) is 0 Å². The lowest BCUT2D eigenvalue weighted by molar-refractivity contribution is 0.559. The summed E-state index contributed by atoms with van der Waals surface area (Å²) in [5.41, 5.74) is 4.33. The average molecular weight is 252 g/mol. The van der Waals surface area contributed by atoms with E-state index in [-0.39, 0.29) is 0 Å². The van der Waals surface area contributed by atoms with Crippen molar-refractivity contribution in [3.05, 3.63) is 71.3 Å². The maximum Gasteiger partial charge on any atom is -0.00984 e. The highest BCUT2D eigenvalue weighted by atomic mass is 14.2. The first kappa shape index (κ1) is 13.9. The molecule has 2 atom stereocenters. The summed E-state index contributed by atoms with van der Waals surface area (Å²) < 4.78 is 0. The molecule has 0 N–H and O–H groups in total. The van der Waals surface area contributed by atoms with E-state index in [1.54, 1.807) is 0 Å². The van der Waals surface area contributed by atoms with Crippen LogP contribution in [0.15, 0.2) is 54.6 Å². The van der Waals surface area contributed by atoms with Crippen LogP contribution in [0.1, 0.15) is 55.7 Å². The number of rotatable bonds is 5. The van der Waals surface area contributed by atoms with Gasteiger partial charge in [-0.1, -0.05) is 75.4 Å². The molecular weight excluding hydrogens is 228 g/mol. The minimum absolute atomic E-state index is 0.568. The fourth-order valence-corrected chi connectivity index (χ4v) is 2.87. The van der Waals surface area contributed by atoms with Crippen LogP contribution in [-0.2, 0) is 6.42 Å². The smallest absolute Gasteiger partial charge is 0.00984 e. The van der Waals surface area contributed by atoms with Crippen LogP contribution in [0.2, 0.25) is 0 Å². The topological polar surface area (TPSA) is 0 Å². The summed E-state index contributed by atoms with van der Waals surface area (Å²) in [6, 6.07) is 20.0. The normalized spacial score (nSPS) is 14.1. The van der Waals surface area contributed by atoms with Crippen LogP contribution in [0.5, 0.6) is 0 Å². The van der Waals surface area contributed by atoms with Crippen molar-refractivity contribution in [1.29, 1.82) is 0 Å². The Kier molecular flexibility index (Phi) is 4.79. The van der Waals surface area contributed by atoms with Gasteiger partial charge in [0.1, 0.15) is 0 Å². The van der Waals surface area contributed by atoms with Crippen molar-refractivity contribution in [3.63, 3.8) is 0 Å². The third-order valence-electron chi connectivity index (χ3n) is 4.18. The molecule has 0 aliphatic rings. The molecule has 0 saturated carbocycles. The van der Waals surface area contributed by atoms with E-state index in [0.29, 0.717) is 11.8 Å². The van der Waals surface area contributed by atoms with Crippen LogP contribution in [0.4, 0.5) is 0 Å². The number of benzene rings is 2. The van der Waals surface area contributed by atoms with Crippen molar-refractivity contribution in [1.82, 2.24) is 0 Å². The van der Waals surface area contributed by atoms with Gasteiger partial charge in [-0.25, -0.2) is 0 Å². The van der Waals surface area contributed by atoms with Gasteiger partial charge in [0.05, 0.1) is 0 Å². The summed E-state index contributed by atoms with van der Waals surface area (Å²) in [7, 11) is 0. The molecule has 0 aliphatic carbocycles. The van der Waals surface area contributed by atoms with Crippen LogP contribution < -0.4 is 0 Å². The quantitative estimate of drug-likeness (QED) is 0.654. The van der Waals surface area contributed by atoms with Gasteiger partial charge in [0.25, 0.3) is 0 Å². The summed E-state index contributed by atoms with van der Waals surface area (Å²) in [5, 5.41) is 0. The van der Waals surface area contributed by atoms with Gasteiger partial charge in [0.2, 0.25) is 0 Å². The largest absolute Gasteiger partial charge is 0.0648 e. The second-order valence-corrected chi connectivity index (χ2v) is 5.31. The lowest BCUT2D eigenvalue weighted by Gasteiger charge is -2.24. The van der Waals surface area contributed by atoms with E-state index >= 15 is 0 Å². The van der Waals surface area contributed by atoms with E-state index in [1.165, 1.54) is 23.1 Å². The third-order valence-corrected chi connectivity index (χ3v) is 4.18. The van der Waals surface area contributed by atoms with Crippen LogP contribution in [-0.4, -0.2) is 0 Å². The summed E-state index contributed by atoms with van der Waals surface area (Å²) >= 11 is 0. The Morgan fingerprint density at radius 1 is 0.789 bits per heavy atom. The predicted octanol–water partition coefficient (Wildman–Crippen LogP) is 5.55. The van der Waals surface area contributed by atoms with Crippen LogP contribution in [0.3, 0.4) is 0 Å². The first-order valence-electron chi connectivity index (χ1n) is 7.40. The molecule has 0 amide bonds. The molecule has 0 heteroatoms. The zero-order chi connectivity index (χ0) is 13.7. The molecule has 0 radical (unpaired) electrons. The molecule has 0 saturated heterocycles. The van der Waals surface area contributed by atoms with E-state index in [1.807, 2.05) is 0 Å². The molecule has 2 aromatic carbocycles. The van der Waals surface area contributed by atoms with Gasteiger partial charge >= 0.3 is 0 Å². The minimum atomic E-state index is 0.568. The molecule has 0 nitrogen and oxygen atoms in total. The molecule has 0 aliphatic heterocycles. The van der Waals surface area contributed by atoms with Crippen molar-refractivity contribution >= 4 is 0 Å². The molecule has 19 heavy (non-hydrogen) atoms. The molecule has 0 bridgehead atoms. The van der Waals surface area contributed by atoms with E-state index in [0.717, 1.165) is 6.42 Å². The van der Waals surface area contributed by atoms with E-state index in [4.69, 9.17) is 0 Å². The lowest BCUT2D eigenvalue weighted by atomic mass is 9.81. The van der Waals surface area contributed by atoms with Gasteiger partial charge in [-0.3, -0.25) is 0 Å². The Hall–Kier alpha value is -1.56. The van der Waals surface area contributed by atoms with E-state index in [9.17, 15) is 0 Å². The fraction of sp³-hybridized carbons (Fsp3) is 0.368. The van der Waals surface area contributed by atoms with Gasteiger partial charge in [-0.15, -0.1) is 0 Å². The van der Waals surface area contributed by atoms with E-state index < -0.39 is 0 Å². The zero-order valence-corrected chi connectivity index (χ0v) is 12.3. The maximum atomic E-state index is 2.34. The van der Waals surface area contributed by atoms with Crippen molar-refractivity contribution in [3.8, 4) is 0 Å². The van der Waals surface area contributed by atoms with Crippen LogP contribution in [0, 0.1) is 0 Å². The molecule has 2 unspecified atom stereocenters. The van der Waals surface area contributed by atoms with E-state index in [2.05, 4.69) is 75.4 Å². The molecular formula is C19H24. The summed E-state index contributed by atoms with van der Waals surface area (Å²) in [6.07, 6.45) is 2.30. The highest BCUT2D eigenvalue weighted by Crippen LogP contribution is 2.35. The Labute approximate surface area is 117 Å². The standard InChI is InChI=1S/C19H24/c1-4-16-11-13-18(14-12-16)19(5-2)15(3)17-9-7-6-8-10-17/h6-15,19H,4-5H2,1-3H3. The summed E-state index contributed by atoms with van der Waals surface area (Å²) in [6.45, 7) is 6.84. The van der Waals surface area contributed by atoms with Gasteiger partial charge in [-0.05, 0) is 41.4 Å². The highest BCUT2D eigenvalue weighted by Gasteiger charge is 2.18. The van der Waals surface area contributed by atoms with Gasteiger partial charge in [0.15, 0.2) is 0 Å². The molecule has 0 aromatic heterocycles. The monoisotopic (exact) mass is 252 g/mol. The minimum Gasteiger partial charge on any atom is -0.0648 e. The van der Waals surface area contributed by atoms with Crippen molar-refractivity contribution in [2.24, 2.45) is 0 Å². The number of aryl methyl sites for hydroxylation is 1. The predicted molar refractivity (Wildman–Crippen MR) is 83.7 cm³/mol. The average Bonchev–Trinajstić information content (AvgIpc) is 2.49. The molecule has 2 rings (SSSR count). The molecule has 0 heterocycles. The lowest BCUT2D eigenvalue weighted by Crippen LogP contribution is -2.07. The van der Waals surface area contributed by atoms with Crippen molar-refractivity contribution < 1.29 is 0 Å². The maximum absolute atomic E-state index is 2.34. The third kappa shape index (κ3) is 3.26. The van der Waals surface area contributed by atoms with Crippen LogP contribution >= 0.6 is 0 Å². The summed E-state index contributed by atoms with van der Waals surface area (Å²) in [5.74, 6) is 1.17. The second kappa shape index (κ2) is 6.56. The highest BCUT2D eigenvalue weighted by molar-refractivity contribution is 5.30. The SMILES string of the molecule is CCc1ccc(C(CC)C(C)c2ccccc2)cc1. The first-order chi connectivity index (χ1) is 9.26. The first-order valence-corrected chi connectivity index (χ1v) is 7.40. The van der Waals surface area contributed by atoms with Gasteiger partial charge in [-0.2, -0.15) is 0 Å². The second-order valence-electron chi connectivity index (χ2n) is 5.31. The Morgan fingerprint density at radius 3 is 1.95 bits per heavy atom. The molecule has 0 fully saturated rings. The van der Waals surface area contributed by atoms with Crippen molar-refractivity contribution in [2.45, 2.75) is 45.4 Å². The fourth-order valence-electron chi connectivity index (χ4n) is 2.87. The van der Waals surface area contributed by atoms with Gasteiger partial charge < -0.3 is 0 Å². The zero-order valence-electron chi connectivity index (χ0n) is 12.3. The van der Waals surface area contributed by atoms with Crippen molar-refractivity contribution in [2.75, 3.05) is 0 Å². The Bertz CT molecular complexity index is 481.